The van der Waals surface area contributed by atoms with Crippen LogP contribution in [0.4, 0.5) is 0 Å². The molecule has 2 rings (SSSR count). The minimum atomic E-state index is -3.68. The van der Waals surface area contributed by atoms with Crippen molar-refractivity contribution in [1.82, 2.24) is 4.72 Å². The predicted octanol–water partition coefficient (Wildman–Crippen LogP) is 3.28. The molecule has 0 bridgehead atoms. The third-order valence-electron chi connectivity index (χ3n) is 3.78. The van der Waals surface area contributed by atoms with Gasteiger partial charge in [-0.1, -0.05) is 53.2 Å². The van der Waals surface area contributed by atoms with Crippen LogP contribution in [0.1, 0.15) is 24.8 Å². The van der Waals surface area contributed by atoms with E-state index in [1.54, 1.807) is 12.1 Å². The van der Waals surface area contributed by atoms with Crippen LogP contribution in [0.5, 0.6) is 0 Å². The lowest BCUT2D eigenvalue weighted by Crippen LogP contribution is -2.41. The highest BCUT2D eigenvalue weighted by molar-refractivity contribution is 9.10. The van der Waals surface area contributed by atoms with E-state index in [2.05, 4.69) is 20.7 Å². The number of hydrogen-bond donors (Lipinski definition) is 2. The van der Waals surface area contributed by atoms with Gasteiger partial charge in [0.2, 0.25) is 10.0 Å². The molecule has 0 amide bonds. The Morgan fingerprint density at radius 2 is 1.70 bits per heavy atom. The summed E-state index contributed by atoms with van der Waals surface area (Å²) in [4.78, 5) is 0.182. The van der Waals surface area contributed by atoms with E-state index in [1.165, 1.54) is 12.1 Å². The molecule has 0 radical (unpaired) electrons. The molecule has 0 aliphatic rings. The van der Waals surface area contributed by atoms with Crippen LogP contribution in [0, 0.1) is 0 Å². The number of nitrogens with one attached hydrogen (secondary N) is 1. The van der Waals surface area contributed by atoms with Gasteiger partial charge in [-0.05, 0) is 36.2 Å². The molecule has 23 heavy (non-hydrogen) atoms. The highest BCUT2D eigenvalue weighted by Crippen LogP contribution is 2.25. The smallest absolute Gasteiger partial charge is 0.240 e. The van der Waals surface area contributed by atoms with E-state index >= 15 is 0 Å². The summed E-state index contributed by atoms with van der Waals surface area (Å²) in [6.07, 6.45) is 0.720. The number of aliphatic hydroxyl groups is 1. The predicted molar refractivity (Wildman–Crippen MR) is 94.8 cm³/mol. The van der Waals surface area contributed by atoms with E-state index < -0.39 is 16.1 Å². The summed E-state index contributed by atoms with van der Waals surface area (Å²) in [5.41, 5.74) is 1.01. The molecule has 0 aromatic heterocycles. The second-order valence-corrected chi connectivity index (χ2v) is 7.92. The van der Waals surface area contributed by atoms with Crippen molar-refractivity contribution in [2.45, 2.75) is 30.2 Å². The normalized spacial score (nSPS) is 14.4. The monoisotopic (exact) mass is 397 g/mol. The fraction of sp³-hybridized carbons (Fsp3) is 0.294. The molecule has 2 aromatic carbocycles. The fourth-order valence-corrected chi connectivity index (χ4v) is 4.11. The fourth-order valence-electron chi connectivity index (χ4n) is 2.58. The average molecular weight is 398 g/mol. The topological polar surface area (TPSA) is 66.4 Å². The third-order valence-corrected chi connectivity index (χ3v) is 5.81. The van der Waals surface area contributed by atoms with Gasteiger partial charge in [0.1, 0.15) is 0 Å². The van der Waals surface area contributed by atoms with E-state index in [-0.39, 0.29) is 17.4 Å². The van der Waals surface area contributed by atoms with Crippen LogP contribution >= 0.6 is 15.9 Å². The Kier molecular flexibility index (Phi) is 6.35. The maximum absolute atomic E-state index is 12.5. The molecule has 0 saturated heterocycles. The zero-order valence-electron chi connectivity index (χ0n) is 12.8. The second-order valence-electron chi connectivity index (χ2n) is 5.29. The summed E-state index contributed by atoms with van der Waals surface area (Å²) in [6, 6.07) is 15.5. The van der Waals surface area contributed by atoms with Crippen molar-refractivity contribution in [2.75, 3.05) is 6.61 Å². The number of benzene rings is 2. The highest BCUT2D eigenvalue weighted by atomic mass is 79.9. The van der Waals surface area contributed by atoms with Crippen molar-refractivity contribution in [3.8, 4) is 0 Å². The van der Waals surface area contributed by atoms with Crippen LogP contribution in [-0.4, -0.2) is 26.2 Å². The molecule has 0 spiro atoms. The van der Waals surface area contributed by atoms with Gasteiger partial charge >= 0.3 is 0 Å². The quantitative estimate of drug-likeness (QED) is 0.752. The summed E-state index contributed by atoms with van der Waals surface area (Å²) in [5.74, 6) is -0.0913. The van der Waals surface area contributed by atoms with Crippen molar-refractivity contribution in [2.24, 2.45) is 0 Å². The van der Waals surface area contributed by atoms with Crippen molar-refractivity contribution >= 4 is 26.0 Å². The van der Waals surface area contributed by atoms with Crippen LogP contribution in [0.2, 0.25) is 0 Å². The lowest BCUT2D eigenvalue weighted by atomic mass is 9.90. The standard InChI is InChI=1S/C17H20BrNO3S/c1-2-16(13-6-4-3-5-7-13)17(12-20)19-23(21,22)15-10-8-14(18)9-11-15/h3-11,16-17,19-20H,2,12H2,1H3/t16-,17-/m1/s1. The maximum Gasteiger partial charge on any atom is 0.240 e. The van der Waals surface area contributed by atoms with Crippen LogP contribution in [0.25, 0.3) is 0 Å². The summed E-state index contributed by atoms with van der Waals surface area (Å²) in [5, 5.41) is 9.71. The minimum absolute atomic E-state index is 0.0913. The van der Waals surface area contributed by atoms with Crippen molar-refractivity contribution in [3.63, 3.8) is 0 Å². The highest BCUT2D eigenvalue weighted by Gasteiger charge is 2.26. The van der Waals surface area contributed by atoms with Crippen LogP contribution in [0.15, 0.2) is 64.0 Å². The lowest BCUT2D eigenvalue weighted by molar-refractivity contribution is 0.236. The van der Waals surface area contributed by atoms with Crippen LogP contribution < -0.4 is 4.72 Å². The summed E-state index contributed by atoms with van der Waals surface area (Å²) in [7, 11) is -3.68. The average Bonchev–Trinajstić information content (AvgIpc) is 2.56. The van der Waals surface area contributed by atoms with E-state index in [9.17, 15) is 13.5 Å². The van der Waals surface area contributed by atoms with Gasteiger partial charge < -0.3 is 5.11 Å². The number of aliphatic hydroxyl groups excluding tert-OH is 1. The molecule has 0 aliphatic carbocycles. The molecule has 6 heteroatoms. The van der Waals surface area contributed by atoms with E-state index in [0.29, 0.717) is 0 Å². The first-order valence-corrected chi connectivity index (χ1v) is 9.69. The van der Waals surface area contributed by atoms with Crippen molar-refractivity contribution in [3.05, 3.63) is 64.6 Å². The zero-order valence-corrected chi connectivity index (χ0v) is 15.2. The van der Waals surface area contributed by atoms with Gasteiger partial charge in [0.15, 0.2) is 0 Å². The summed E-state index contributed by atoms with van der Waals surface area (Å²) in [6.45, 7) is 1.72. The Balaban J connectivity index is 2.25. The number of sulfonamides is 1. The van der Waals surface area contributed by atoms with E-state index in [0.717, 1.165) is 16.5 Å². The Morgan fingerprint density at radius 3 is 2.22 bits per heavy atom. The first-order valence-electron chi connectivity index (χ1n) is 7.41. The Labute approximate surface area is 145 Å². The zero-order chi connectivity index (χ0) is 16.9. The molecule has 0 unspecified atom stereocenters. The molecule has 0 saturated carbocycles. The molecule has 2 aromatic rings. The third kappa shape index (κ3) is 4.64. The molecule has 124 valence electrons. The number of hydrogen-bond acceptors (Lipinski definition) is 3. The number of halogens is 1. The Morgan fingerprint density at radius 1 is 1.09 bits per heavy atom. The molecule has 2 atom stereocenters. The minimum Gasteiger partial charge on any atom is -0.395 e. The van der Waals surface area contributed by atoms with Gasteiger partial charge in [-0.2, -0.15) is 0 Å². The first-order chi connectivity index (χ1) is 11.0. The largest absolute Gasteiger partial charge is 0.395 e. The van der Waals surface area contributed by atoms with Gasteiger partial charge in [-0.3, -0.25) is 0 Å². The summed E-state index contributed by atoms with van der Waals surface area (Å²) >= 11 is 3.29. The van der Waals surface area contributed by atoms with E-state index in [4.69, 9.17) is 0 Å². The van der Waals surface area contributed by atoms with Crippen molar-refractivity contribution < 1.29 is 13.5 Å². The van der Waals surface area contributed by atoms with Gasteiger partial charge in [-0.15, -0.1) is 0 Å². The molecule has 2 N–H and O–H groups in total. The molecule has 0 aliphatic heterocycles. The van der Waals surface area contributed by atoms with Gasteiger partial charge in [0, 0.05) is 10.4 Å². The Hall–Kier alpha value is -1.21. The molecule has 0 heterocycles. The van der Waals surface area contributed by atoms with Crippen LogP contribution in [-0.2, 0) is 10.0 Å². The van der Waals surface area contributed by atoms with Crippen LogP contribution in [0.3, 0.4) is 0 Å². The molecule has 0 fully saturated rings. The van der Waals surface area contributed by atoms with Gasteiger partial charge in [-0.25, -0.2) is 13.1 Å². The first kappa shape index (κ1) is 18.1. The van der Waals surface area contributed by atoms with Gasteiger partial charge in [0.25, 0.3) is 0 Å². The number of rotatable bonds is 7. The lowest BCUT2D eigenvalue weighted by Gasteiger charge is -2.26. The molecular formula is C17H20BrNO3S. The second kappa shape index (κ2) is 8.06. The Bertz CT molecular complexity index is 717. The van der Waals surface area contributed by atoms with Crippen molar-refractivity contribution in [1.29, 1.82) is 0 Å². The SMILES string of the molecule is CC[C@H](c1ccccc1)[C@@H](CO)NS(=O)(=O)c1ccc(Br)cc1. The molecule has 4 nitrogen and oxygen atoms in total. The molecular weight excluding hydrogens is 378 g/mol. The van der Waals surface area contributed by atoms with E-state index in [1.807, 2.05) is 37.3 Å². The summed E-state index contributed by atoms with van der Waals surface area (Å²) < 4.78 is 28.5. The van der Waals surface area contributed by atoms with Gasteiger partial charge in [0.05, 0.1) is 17.5 Å². The maximum atomic E-state index is 12.5.